The third-order valence-corrected chi connectivity index (χ3v) is 2.87. The molecular formula is C12H14BrFO2. The zero-order valence-electron chi connectivity index (χ0n) is 9.13. The van der Waals surface area contributed by atoms with Crippen molar-refractivity contribution in [1.82, 2.24) is 0 Å². The van der Waals surface area contributed by atoms with E-state index in [1.807, 2.05) is 6.92 Å². The Kier molecular flexibility index (Phi) is 5.63. The molecule has 0 spiro atoms. The molecule has 0 saturated carbocycles. The number of ether oxygens (including phenoxy) is 1. The summed E-state index contributed by atoms with van der Waals surface area (Å²) in [5.41, 5.74) is 0.808. The molecule has 0 atom stereocenters. The summed E-state index contributed by atoms with van der Waals surface area (Å²) in [6.45, 7) is 2.96. The first-order valence-electron chi connectivity index (χ1n) is 5.17. The molecule has 1 rings (SSSR count). The van der Waals surface area contributed by atoms with Crippen LogP contribution in [0.4, 0.5) is 4.39 Å². The van der Waals surface area contributed by atoms with Crippen molar-refractivity contribution >= 4 is 21.7 Å². The molecule has 0 aliphatic rings. The minimum absolute atomic E-state index is 0.0979. The van der Waals surface area contributed by atoms with Gasteiger partial charge in [-0.25, -0.2) is 4.39 Å². The van der Waals surface area contributed by atoms with Gasteiger partial charge in [0.1, 0.15) is 11.6 Å². The first kappa shape index (κ1) is 13.3. The summed E-state index contributed by atoms with van der Waals surface area (Å²) in [5.74, 6) is -0.210. The highest BCUT2D eigenvalue weighted by Gasteiger charge is 2.07. The van der Waals surface area contributed by atoms with Crippen LogP contribution >= 0.6 is 15.9 Å². The Morgan fingerprint density at radius 2 is 2.25 bits per heavy atom. The fourth-order valence-corrected chi connectivity index (χ4v) is 1.79. The Morgan fingerprint density at radius 3 is 2.88 bits per heavy atom. The van der Waals surface area contributed by atoms with Crippen molar-refractivity contribution in [1.29, 1.82) is 0 Å². The molecule has 0 heterocycles. The summed E-state index contributed by atoms with van der Waals surface area (Å²) < 4.78 is 18.5. The van der Waals surface area contributed by atoms with Crippen LogP contribution in [-0.2, 0) is 16.0 Å². The standard InChI is InChI=1S/C12H14BrFO2/c1-2-16-6-5-11(15)7-9-3-4-10(14)8-12(9)13/h3-4,8H,2,5-7H2,1H3. The van der Waals surface area contributed by atoms with Gasteiger partial charge < -0.3 is 4.74 Å². The van der Waals surface area contributed by atoms with Crippen molar-refractivity contribution in [3.8, 4) is 0 Å². The van der Waals surface area contributed by atoms with Crippen LogP contribution in [-0.4, -0.2) is 19.0 Å². The summed E-state index contributed by atoms with van der Waals surface area (Å²) in [7, 11) is 0. The maximum Gasteiger partial charge on any atom is 0.139 e. The van der Waals surface area contributed by atoms with E-state index in [9.17, 15) is 9.18 Å². The molecular weight excluding hydrogens is 275 g/mol. The summed E-state index contributed by atoms with van der Waals surface area (Å²) in [4.78, 5) is 11.5. The molecule has 16 heavy (non-hydrogen) atoms. The first-order valence-corrected chi connectivity index (χ1v) is 5.96. The second-order valence-corrected chi connectivity index (χ2v) is 4.25. The van der Waals surface area contributed by atoms with Crippen LogP contribution in [0, 0.1) is 5.82 Å². The molecule has 0 fully saturated rings. The highest BCUT2D eigenvalue weighted by atomic mass is 79.9. The van der Waals surface area contributed by atoms with Gasteiger partial charge in [-0.1, -0.05) is 22.0 Å². The van der Waals surface area contributed by atoms with E-state index >= 15 is 0 Å². The number of benzene rings is 1. The molecule has 0 aromatic heterocycles. The van der Waals surface area contributed by atoms with Gasteiger partial charge in [-0.2, -0.15) is 0 Å². The maximum atomic E-state index is 12.8. The second-order valence-electron chi connectivity index (χ2n) is 3.40. The van der Waals surface area contributed by atoms with Crippen LogP contribution in [0.5, 0.6) is 0 Å². The zero-order valence-corrected chi connectivity index (χ0v) is 10.7. The predicted octanol–water partition coefficient (Wildman–Crippen LogP) is 3.13. The molecule has 0 aliphatic heterocycles. The highest BCUT2D eigenvalue weighted by molar-refractivity contribution is 9.10. The largest absolute Gasteiger partial charge is 0.381 e. The number of rotatable bonds is 6. The van der Waals surface area contributed by atoms with Crippen molar-refractivity contribution in [3.63, 3.8) is 0 Å². The monoisotopic (exact) mass is 288 g/mol. The molecule has 4 heteroatoms. The number of carbonyl (C=O) groups is 1. The third-order valence-electron chi connectivity index (χ3n) is 2.13. The molecule has 0 aliphatic carbocycles. The van der Waals surface area contributed by atoms with Gasteiger partial charge >= 0.3 is 0 Å². The van der Waals surface area contributed by atoms with Gasteiger partial charge in [-0.15, -0.1) is 0 Å². The molecule has 0 saturated heterocycles. The van der Waals surface area contributed by atoms with Crippen molar-refractivity contribution < 1.29 is 13.9 Å². The third kappa shape index (κ3) is 4.41. The van der Waals surface area contributed by atoms with Crippen molar-refractivity contribution in [2.75, 3.05) is 13.2 Å². The Balaban J connectivity index is 2.49. The lowest BCUT2D eigenvalue weighted by Crippen LogP contribution is -2.07. The molecule has 0 radical (unpaired) electrons. The van der Waals surface area contributed by atoms with Crippen LogP contribution in [0.25, 0.3) is 0 Å². The van der Waals surface area contributed by atoms with Gasteiger partial charge in [0.05, 0.1) is 6.61 Å². The Hall–Kier alpha value is -0.740. The van der Waals surface area contributed by atoms with E-state index in [1.54, 1.807) is 6.07 Å². The van der Waals surface area contributed by atoms with Gasteiger partial charge in [0.15, 0.2) is 0 Å². The van der Waals surface area contributed by atoms with Crippen molar-refractivity contribution in [2.24, 2.45) is 0 Å². The van der Waals surface area contributed by atoms with Gasteiger partial charge in [0.2, 0.25) is 0 Å². The van der Waals surface area contributed by atoms with Gasteiger partial charge in [0.25, 0.3) is 0 Å². The topological polar surface area (TPSA) is 26.3 Å². The van der Waals surface area contributed by atoms with Crippen LogP contribution in [0.15, 0.2) is 22.7 Å². The molecule has 88 valence electrons. The number of hydrogen-bond acceptors (Lipinski definition) is 2. The van der Waals surface area contributed by atoms with Crippen LogP contribution in [0.3, 0.4) is 0 Å². The lowest BCUT2D eigenvalue weighted by Gasteiger charge is -2.04. The number of halogens is 2. The average Bonchev–Trinajstić information content (AvgIpc) is 2.23. The van der Waals surface area contributed by atoms with Crippen molar-refractivity contribution in [3.05, 3.63) is 34.1 Å². The fourth-order valence-electron chi connectivity index (χ4n) is 1.30. The van der Waals surface area contributed by atoms with E-state index in [4.69, 9.17) is 4.74 Å². The molecule has 1 aromatic carbocycles. The molecule has 1 aromatic rings. The fraction of sp³-hybridized carbons (Fsp3) is 0.417. The summed E-state index contributed by atoms with van der Waals surface area (Å²) >= 11 is 3.23. The summed E-state index contributed by atoms with van der Waals surface area (Å²) in [6.07, 6.45) is 0.714. The molecule has 0 bridgehead atoms. The van der Waals surface area contributed by atoms with Crippen molar-refractivity contribution in [2.45, 2.75) is 19.8 Å². The number of carbonyl (C=O) groups excluding carboxylic acids is 1. The smallest absolute Gasteiger partial charge is 0.139 e. The zero-order chi connectivity index (χ0) is 12.0. The summed E-state index contributed by atoms with van der Waals surface area (Å²) in [5, 5.41) is 0. The summed E-state index contributed by atoms with van der Waals surface area (Å²) in [6, 6.07) is 4.35. The van der Waals surface area contributed by atoms with E-state index in [1.165, 1.54) is 12.1 Å². The van der Waals surface area contributed by atoms with E-state index in [2.05, 4.69) is 15.9 Å². The molecule has 0 unspecified atom stereocenters. The predicted molar refractivity (Wildman–Crippen MR) is 63.9 cm³/mol. The van der Waals surface area contributed by atoms with Crippen LogP contribution < -0.4 is 0 Å². The average molecular weight is 289 g/mol. The first-order chi connectivity index (χ1) is 7.63. The Morgan fingerprint density at radius 1 is 1.50 bits per heavy atom. The SMILES string of the molecule is CCOCCC(=O)Cc1ccc(F)cc1Br. The van der Waals surface area contributed by atoms with Gasteiger partial charge in [-0.05, 0) is 24.6 Å². The normalized spacial score (nSPS) is 10.4. The quantitative estimate of drug-likeness (QED) is 0.752. The van der Waals surface area contributed by atoms with Crippen LogP contribution in [0.2, 0.25) is 0 Å². The molecule has 0 amide bonds. The van der Waals surface area contributed by atoms with Crippen LogP contribution in [0.1, 0.15) is 18.9 Å². The van der Waals surface area contributed by atoms with E-state index in [-0.39, 0.29) is 11.6 Å². The van der Waals surface area contributed by atoms with E-state index in [0.717, 1.165) is 5.56 Å². The Labute approximate surface area is 103 Å². The van der Waals surface area contributed by atoms with E-state index < -0.39 is 0 Å². The van der Waals surface area contributed by atoms with Gasteiger partial charge in [-0.3, -0.25) is 4.79 Å². The highest BCUT2D eigenvalue weighted by Crippen LogP contribution is 2.19. The maximum absolute atomic E-state index is 12.8. The number of hydrogen-bond donors (Lipinski definition) is 0. The second kappa shape index (κ2) is 6.76. The van der Waals surface area contributed by atoms with Gasteiger partial charge in [0, 0.05) is 23.9 Å². The lowest BCUT2D eigenvalue weighted by molar-refractivity contribution is -0.119. The molecule has 0 N–H and O–H groups in total. The number of Topliss-reactive ketones (excluding diaryl/α,β-unsaturated/α-hetero) is 1. The minimum Gasteiger partial charge on any atom is -0.381 e. The lowest BCUT2D eigenvalue weighted by atomic mass is 10.1. The minimum atomic E-state index is -0.308. The number of ketones is 1. The molecule has 2 nitrogen and oxygen atoms in total. The Bertz CT molecular complexity index is 366. The van der Waals surface area contributed by atoms with E-state index in [0.29, 0.717) is 30.5 Å².